The minimum absolute atomic E-state index is 0.161. The summed E-state index contributed by atoms with van der Waals surface area (Å²) in [5.74, 6) is 0. The van der Waals surface area contributed by atoms with Crippen molar-refractivity contribution in [2.75, 3.05) is 39.6 Å². The number of ether oxygens (including phenoxy) is 3. The van der Waals surface area contributed by atoms with E-state index in [9.17, 15) is 9.90 Å². The number of aliphatic hydroxyl groups excluding tert-OH is 1. The second-order valence-corrected chi connectivity index (χ2v) is 7.29. The summed E-state index contributed by atoms with van der Waals surface area (Å²) in [6.45, 7) is 10.6. The van der Waals surface area contributed by atoms with Crippen molar-refractivity contribution in [1.29, 1.82) is 0 Å². The molecule has 7 nitrogen and oxygen atoms in total. The molecule has 0 aliphatic heterocycles. The van der Waals surface area contributed by atoms with E-state index in [0.29, 0.717) is 32.8 Å². The lowest BCUT2D eigenvalue weighted by atomic mass is 10.1. The van der Waals surface area contributed by atoms with Crippen LogP contribution in [-0.4, -0.2) is 74.5 Å². The number of rotatable bonds is 22. The zero-order valence-electron chi connectivity index (χ0n) is 19.1. The normalized spacial score (nSPS) is 14.5. The van der Waals surface area contributed by atoms with E-state index in [1.807, 2.05) is 0 Å². The van der Waals surface area contributed by atoms with Gasteiger partial charge in [0.25, 0.3) is 0 Å². The third-order valence-corrected chi connectivity index (χ3v) is 4.61. The molecule has 3 atom stereocenters. The van der Waals surface area contributed by atoms with Crippen LogP contribution in [0.1, 0.15) is 79.1 Å². The first-order valence-electron chi connectivity index (χ1n) is 11.5. The van der Waals surface area contributed by atoms with Crippen LogP contribution in [-0.2, 0) is 23.8 Å². The highest BCUT2D eigenvalue weighted by Crippen LogP contribution is 2.16. The van der Waals surface area contributed by atoms with E-state index >= 15 is 0 Å². The Bertz CT molecular complexity index is 358. The monoisotopic (exact) mass is 419 g/mol. The van der Waals surface area contributed by atoms with Gasteiger partial charge in [0.15, 0.2) is 0 Å². The molecule has 0 heterocycles. The van der Waals surface area contributed by atoms with E-state index in [2.05, 4.69) is 27.7 Å². The van der Waals surface area contributed by atoms with Gasteiger partial charge in [-0.05, 0) is 25.7 Å². The molecule has 29 heavy (non-hydrogen) atoms. The number of unbranched alkanes of at least 4 members (excludes halogenated alkanes) is 4. The van der Waals surface area contributed by atoms with Crippen molar-refractivity contribution in [3.8, 4) is 0 Å². The summed E-state index contributed by atoms with van der Waals surface area (Å²) in [5, 5.41) is 11.2. The number of carbonyl (C=O) groups excluding carboxylic acids is 1. The summed E-state index contributed by atoms with van der Waals surface area (Å²) in [5.41, 5.74) is 0. The Kier molecular flexibility index (Phi) is 20.0. The SMILES string of the molecule is CCCCO[C@H]([C@@H](CO)OCCCC)[C@@H](CN(C=O)OCCCC)OCCCC. The Morgan fingerprint density at radius 2 is 1.24 bits per heavy atom. The van der Waals surface area contributed by atoms with E-state index in [1.54, 1.807) is 0 Å². The van der Waals surface area contributed by atoms with Gasteiger partial charge in [0.1, 0.15) is 18.3 Å². The Labute approximate surface area is 178 Å². The number of hydrogen-bond donors (Lipinski definition) is 1. The van der Waals surface area contributed by atoms with Crippen molar-refractivity contribution in [3.63, 3.8) is 0 Å². The fourth-order valence-electron chi connectivity index (χ4n) is 2.71. The molecule has 0 aromatic heterocycles. The van der Waals surface area contributed by atoms with Crippen molar-refractivity contribution in [2.45, 2.75) is 97.4 Å². The zero-order chi connectivity index (χ0) is 21.7. The molecule has 0 unspecified atom stereocenters. The molecule has 0 aliphatic rings. The van der Waals surface area contributed by atoms with Crippen LogP contribution in [0.15, 0.2) is 0 Å². The molecule has 174 valence electrons. The number of carbonyl (C=O) groups is 1. The van der Waals surface area contributed by atoms with Gasteiger partial charge in [-0.1, -0.05) is 53.4 Å². The Balaban J connectivity index is 5.26. The molecule has 0 saturated carbocycles. The summed E-state index contributed by atoms with van der Waals surface area (Å²) in [6, 6.07) is 0. The van der Waals surface area contributed by atoms with Gasteiger partial charge >= 0.3 is 0 Å². The fraction of sp³-hybridized carbons (Fsp3) is 0.955. The van der Waals surface area contributed by atoms with E-state index in [4.69, 9.17) is 19.0 Å². The molecular formula is C22H45NO6. The maximum Gasteiger partial charge on any atom is 0.233 e. The first-order valence-corrected chi connectivity index (χ1v) is 11.5. The number of hydroxylamine groups is 2. The van der Waals surface area contributed by atoms with Crippen molar-refractivity contribution >= 4 is 6.41 Å². The Morgan fingerprint density at radius 3 is 1.72 bits per heavy atom. The summed E-state index contributed by atoms with van der Waals surface area (Å²) in [6.07, 6.45) is 6.90. The fourth-order valence-corrected chi connectivity index (χ4v) is 2.71. The minimum Gasteiger partial charge on any atom is -0.394 e. The van der Waals surface area contributed by atoms with Crippen LogP contribution < -0.4 is 0 Å². The number of amides is 1. The van der Waals surface area contributed by atoms with Crippen molar-refractivity contribution in [2.24, 2.45) is 0 Å². The van der Waals surface area contributed by atoms with Gasteiger partial charge in [-0.3, -0.25) is 9.63 Å². The van der Waals surface area contributed by atoms with Crippen LogP contribution in [0.2, 0.25) is 0 Å². The summed E-state index contributed by atoms with van der Waals surface area (Å²) in [4.78, 5) is 17.1. The first-order chi connectivity index (χ1) is 14.2. The highest BCUT2D eigenvalue weighted by Gasteiger charge is 2.33. The quantitative estimate of drug-likeness (QED) is 0.164. The van der Waals surface area contributed by atoms with Gasteiger partial charge in [-0.25, -0.2) is 5.06 Å². The maximum absolute atomic E-state index is 11.5. The standard InChI is InChI=1S/C22H45NO6/c1-5-9-13-26-20(17-23(19-25)29-16-12-8-4)22(28-15-11-7-3)21(18-24)27-14-10-6-2/h19-22,24H,5-18H2,1-4H3/t20-,21-,22+/m1/s1. The number of aliphatic hydroxyl groups is 1. The number of hydrogen-bond acceptors (Lipinski definition) is 6. The van der Waals surface area contributed by atoms with E-state index in [-0.39, 0.29) is 13.2 Å². The Morgan fingerprint density at radius 1 is 0.759 bits per heavy atom. The molecule has 0 aromatic rings. The lowest BCUT2D eigenvalue weighted by Crippen LogP contribution is -2.50. The van der Waals surface area contributed by atoms with Crippen LogP contribution in [0.5, 0.6) is 0 Å². The topological polar surface area (TPSA) is 77.5 Å². The average Bonchev–Trinajstić information content (AvgIpc) is 2.73. The molecule has 0 spiro atoms. The number of nitrogens with zero attached hydrogens (tertiary/aromatic N) is 1. The molecule has 0 radical (unpaired) electrons. The van der Waals surface area contributed by atoms with Gasteiger partial charge < -0.3 is 19.3 Å². The molecule has 0 fully saturated rings. The molecule has 1 N–H and O–H groups in total. The smallest absolute Gasteiger partial charge is 0.233 e. The lowest BCUT2D eigenvalue weighted by molar-refractivity contribution is -0.203. The molecular weight excluding hydrogens is 374 g/mol. The predicted molar refractivity (Wildman–Crippen MR) is 115 cm³/mol. The van der Waals surface area contributed by atoms with E-state index in [1.165, 1.54) is 5.06 Å². The second kappa shape index (κ2) is 20.5. The average molecular weight is 420 g/mol. The van der Waals surface area contributed by atoms with Crippen LogP contribution in [0.25, 0.3) is 0 Å². The summed E-state index contributed by atoms with van der Waals surface area (Å²) >= 11 is 0. The van der Waals surface area contributed by atoms with Crippen LogP contribution in [0, 0.1) is 0 Å². The van der Waals surface area contributed by atoms with Crippen LogP contribution in [0.3, 0.4) is 0 Å². The molecule has 0 rings (SSSR count). The molecule has 0 aromatic carbocycles. The van der Waals surface area contributed by atoms with Gasteiger partial charge in [-0.2, -0.15) is 0 Å². The molecule has 7 heteroatoms. The molecule has 0 aliphatic carbocycles. The molecule has 0 saturated heterocycles. The van der Waals surface area contributed by atoms with Crippen molar-refractivity contribution < 1.29 is 28.9 Å². The van der Waals surface area contributed by atoms with Crippen LogP contribution >= 0.6 is 0 Å². The highest BCUT2D eigenvalue weighted by molar-refractivity contribution is 5.45. The lowest BCUT2D eigenvalue weighted by Gasteiger charge is -2.34. The predicted octanol–water partition coefficient (Wildman–Crippen LogP) is 3.72. The van der Waals surface area contributed by atoms with Crippen LogP contribution in [0.4, 0.5) is 0 Å². The van der Waals surface area contributed by atoms with Gasteiger partial charge in [0.05, 0.1) is 19.8 Å². The summed E-state index contributed by atoms with van der Waals surface area (Å²) in [7, 11) is 0. The molecule has 1 amide bonds. The third-order valence-electron chi connectivity index (χ3n) is 4.61. The van der Waals surface area contributed by atoms with Gasteiger partial charge in [-0.15, -0.1) is 0 Å². The highest BCUT2D eigenvalue weighted by atomic mass is 16.7. The largest absolute Gasteiger partial charge is 0.394 e. The summed E-state index contributed by atoms with van der Waals surface area (Å²) < 4.78 is 18.2. The zero-order valence-corrected chi connectivity index (χ0v) is 19.1. The first kappa shape index (κ1) is 28.3. The van der Waals surface area contributed by atoms with E-state index < -0.39 is 18.3 Å². The maximum atomic E-state index is 11.5. The molecule has 0 bridgehead atoms. The van der Waals surface area contributed by atoms with Gasteiger partial charge in [0.2, 0.25) is 6.41 Å². The third kappa shape index (κ3) is 14.0. The Hall–Kier alpha value is -0.730. The van der Waals surface area contributed by atoms with Crippen molar-refractivity contribution in [1.82, 2.24) is 5.06 Å². The van der Waals surface area contributed by atoms with Crippen molar-refractivity contribution in [3.05, 3.63) is 0 Å². The second-order valence-electron chi connectivity index (χ2n) is 7.29. The minimum atomic E-state index is -0.505. The van der Waals surface area contributed by atoms with E-state index in [0.717, 1.165) is 51.4 Å². The van der Waals surface area contributed by atoms with Gasteiger partial charge in [0, 0.05) is 19.8 Å².